The van der Waals surface area contributed by atoms with Crippen molar-refractivity contribution >= 4 is 17.9 Å². The number of carboxylic acids is 1. The van der Waals surface area contributed by atoms with Crippen molar-refractivity contribution in [2.24, 2.45) is 0 Å². The Morgan fingerprint density at radius 2 is 0.553 bits per heavy atom. The molecule has 9 nitrogen and oxygen atoms in total. The van der Waals surface area contributed by atoms with Crippen LogP contribution >= 0.6 is 0 Å². The minimum atomic E-state index is -1.62. The number of carbonyl (C=O) groups excluding carboxylic acids is 3. The highest BCUT2D eigenvalue weighted by Crippen LogP contribution is 2.20. The second-order valence-electron chi connectivity index (χ2n) is 31.2. The maximum Gasteiger partial charge on any atom is 0.306 e. The van der Waals surface area contributed by atoms with Crippen LogP contribution in [0.3, 0.4) is 0 Å². The van der Waals surface area contributed by atoms with E-state index in [-0.39, 0.29) is 32.2 Å². The minimum Gasteiger partial charge on any atom is -0.545 e. The van der Waals surface area contributed by atoms with Crippen LogP contribution in [0.15, 0.2) is 97.2 Å². The van der Waals surface area contributed by atoms with Crippen LogP contribution in [0, 0.1) is 0 Å². The first-order valence-corrected chi connectivity index (χ1v) is 44.4. The number of aliphatic carboxylic acids is 1. The number of esters is 2. The first kappa shape index (κ1) is 99.2. The Hall–Kier alpha value is -3.79. The molecule has 0 heterocycles. The Balaban J connectivity index is 3.92. The first-order valence-electron chi connectivity index (χ1n) is 44.4. The second kappa shape index (κ2) is 83.8. The van der Waals surface area contributed by atoms with Gasteiger partial charge in [-0.15, -0.1) is 0 Å². The summed E-state index contributed by atoms with van der Waals surface area (Å²) in [5.41, 5.74) is 0. The number of likely N-dealkylation sites (N-methyl/N-ethyl adjacent to an activating group) is 1. The molecule has 103 heavy (non-hydrogen) atoms. The van der Waals surface area contributed by atoms with Crippen LogP contribution in [0.2, 0.25) is 0 Å². The number of rotatable bonds is 83. The topological polar surface area (TPSA) is 111 Å². The number of allylic oxidation sites excluding steroid dienone is 16. The normalized spacial score (nSPS) is 13.1. The third kappa shape index (κ3) is 85.3. The smallest absolute Gasteiger partial charge is 0.306 e. The van der Waals surface area contributed by atoms with Gasteiger partial charge in [0.05, 0.1) is 40.3 Å². The van der Waals surface area contributed by atoms with E-state index in [1.807, 2.05) is 21.1 Å². The van der Waals surface area contributed by atoms with Crippen LogP contribution in [0.25, 0.3) is 0 Å². The minimum absolute atomic E-state index is 0.149. The monoisotopic (exact) mass is 1440 g/mol. The van der Waals surface area contributed by atoms with Crippen molar-refractivity contribution in [2.75, 3.05) is 47.5 Å². The number of ether oxygens (including phenoxy) is 4. The Morgan fingerprint density at radius 3 is 0.825 bits per heavy atom. The third-order valence-electron chi connectivity index (χ3n) is 19.8. The summed E-state index contributed by atoms with van der Waals surface area (Å²) in [6.45, 7) is 4.69. The molecule has 0 bridgehead atoms. The molecule has 0 radical (unpaired) electrons. The van der Waals surface area contributed by atoms with Gasteiger partial charge in [-0.3, -0.25) is 9.59 Å². The predicted octanol–water partition coefficient (Wildman–Crippen LogP) is 27.7. The molecule has 0 aliphatic rings. The maximum atomic E-state index is 13.0. The number of nitrogens with zero attached hydrogens (tertiary/aromatic N) is 1. The molecule has 0 aliphatic heterocycles. The molecule has 0 saturated heterocycles. The molecule has 0 spiro atoms. The molecule has 0 aromatic rings. The van der Waals surface area contributed by atoms with Gasteiger partial charge < -0.3 is 33.3 Å². The zero-order chi connectivity index (χ0) is 74.6. The highest BCUT2D eigenvalue weighted by Gasteiger charge is 2.22. The van der Waals surface area contributed by atoms with Gasteiger partial charge in [0.25, 0.3) is 0 Å². The van der Waals surface area contributed by atoms with Gasteiger partial charge in [0.1, 0.15) is 13.2 Å². The van der Waals surface area contributed by atoms with E-state index < -0.39 is 24.3 Å². The van der Waals surface area contributed by atoms with E-state index in [0.717, 1.165) is 77.0 Å². The van der Waals surface area contributed by atoms with E-state index >= 15 is 0 Å². The quantitative estimate of drug-likeness (QED) is 0.0195. The fourth-order valence-corrected chi connectivity index (χ4v) is 13.1. The van der Waals surface area contributed by atoms with Crippen molar-refractivity contribution in [3.63, 3.8) is 0 Å². The van der Waals surface area contributed by atoms with Gasteiger partial charge >= 0.3 is 11.9 Å². The molecule has 0 aromatic carbocycles. The molecule has 2 atom stereocenters. The number of hydrogen-bond donors (Lipinski definition) is 0. The third-order valence-corrected chi connectivity index (χ3v) is 19.8. The Bertz CT molecular complexity index is 2030. The fourth-order valence-electron chi connectivity index (χ4n) is 13.1. The van der Waals surface area contributed by atoms with E-state index in [4.69, 9.17) is 18.9 Å². The van der Waals surface area contributed by atoms with E-state index in [1.54, 1.807) is 0 Å². The summed E-state index contributed by atoms with van der Waals surface area (Å²) >= 11 is 0. The van der Waals surface area contributed by atoms with Gasteiger partial charge in [0.2, 0.25) is 0 Å². The van der Waals surface area contributed by atoms with Gasteiger partial charge in [-0.2, -0.15) is 0 Å². The lowest BCUT2D eigenvalue weighted by atomic mass is 10.0. The molecule has 2 unspecified atom stereocenters. The predicted molar refractivity (Wildman–Crippen MR) is 444 cm³/mol. The van der Waals surface area contributed by atoms with Crippen LogP contribution in [-0.2, 0) is 33.3 Å². The second-order valence-corrected chi connectivity index (χ2v) is 31.2. The molecule has 0 fully saturated rings. The lowest BCUT2D eigenvalue weighted by molar-refractivity contribution is -0.870. The number of unbranched alkanes of at least 4 members (excludes halogenated alkanes) is 52. The average molecular weight is 1440 g/mol. The van der Waals surface area contributed by atoms with Crippen LogP contribution < -0.4 is 5.11 Å². The van der Waals surface area contributed by atoms with Crippen LogP contribution in [0.4, 0.5) is 0 Å². The summed E-state index contributed by atoms with van der Waals surface area (Å²) in [5.74, 6) is -2.25. The highest BCUT2D eigenvalue weighted by molar-refractivity contribution is 5.70. The number of carbonyl (C=O) groups is 3. The lowest BCUT2D eigenvalue weighted by Gasteiger charge is -2.26. The molecule has 598 valence electrons. The molecule has 0 rings (SSSR count). The number of hydrogen-bond acceptors (Lipinski definition) is 8. The van der Waals surface area contributed by atoms with Crippen molar-refractivity contribution in [1.82, 2.24) is 0 Å². The summed E-state index contributed by atoms with van der Waals surface area (Å²) in [4.78, 5) is 37.7. The Labute approximate surface area is 639 Å². The zero-order valence-electron chi connectivity index (χ0n) is 68.7. The van der Waals surface area contributed by atoms with Gasteiger partial charge in [0.15, 0.2) is 12.4 Å². The van der Waals surface area contributed by atoms with Crippen molar-refractivity contribution in [2.45, 2.75) is 437 Å². The van der Waals surface area contributed by atoms with Gasteiger partial charge in [0, 0.05) is 12.8 Å². The highest BCUT2D eigenvalue weighted by atomic mass is 16.7. The number of quaternary nitrogens is 1. The van der Waals surface area contributed by atoms with E-state index in [0.29, 0.717) is 23.9 Å². The summed E-state index contributed by atoms with van der Waals surface area (Å²) in [6.07, 6.45) is 114. The molecule has 0 aromatic heterocycles. The average Bonchev–Trinajstić information content (AvgIpc) is 1.01. The zero-order valence-corrected chi connectivity index (χ0v) is 68.7. The molecule has 0 aliphatic carbocycles. The molecular weight excluding hydrogens is 1270 g/mol. The van der Waals surface area contributed by atoms with Crippen LogP contribution in [0.1, 0.15) is 425 Å². The van der Waals surface area contributed by atoms with Crippen LogP contribution in [0.5, 0.6) is 0 Å². The molecule has 9 heteroatoms. The van der Waals surface area contributed by atoms with E-state index in [2.05, 4.69) is 111 Å². The molecule has 0 N–H and O–H groups in total. The Kier molecular flexibility index (Phi) is 80.8. The SMILES string of the molecule is CC/C=C\C/C=C\C/C=C\C/C=C\C/C=C\CCCCCCCCCCCCCCCCCCCCCCCCCCCC(=O)OC(COC(=O)CCCCCCCCCCCCCCCCCCCCCCCC/C=C\C/C=C\C/C=C\CCCCCCC)COC(OCC[N+](C)(C)C)C(=O)[O-]. The standard InChI is InChI=1S/C94H169NO8/c1-6-8-10-12-14-16-18-20-22-24-26-28-30-32-34-36-38-40-42-44-45-46-47-49-51-53-55-57-59-61-63-65-67-69-71-73-75-77-79-81-83-85-92(97)103-90(89-102-94(93(98)99)100-87-86-95(3,4)5)88-101-91(96)84-82-80-78-76-74-72-70-68-66-64-62-60-58-56-54-52-50-48-43-41-39-37-35-33-31-29-27-25-23-21-19-17-15-13-11-9-7-2/h8,10,14,16,19-22,25-28,31-34,90,94H,6-7,9,11-13,15,17-18,23-24,29-30,35-89H2,1-5H3/b10-8-,16-14-,21-19-,22-20-,27-25-,28-26-,33-31-,34-32-. The van der Waals surface area contributed by atoms with Crippen molar-refractivity contribution < 1.29 is 42.9 Å². The van der Waals surface area contributed by atoms with Crippen molar-refractivity contribution in [1.29, 1.82) is 0 Å². The summed E-state index contributed by atoms with van der Waals surface area (Å²) < 4.78 is 22.9. The van der Waals surface area contributed by atoms with Gasteiger partial charge in [-0.25, -0.2) is 0 Å². The molecular formula is C94H169NO8. The van der Waals surface area contributed by atoms with Crippen molar-refractivity contribution in [3.05, 3.63) is 97.2 Å². The van der Waals surface area contributed by atoms with Gasteiger partial charge in [-0.1, -0.05) is 413 Å². The first-order chi connectivity index (χ1) is 50.6. The fraction of sp³-hybridized carbons (Fsp3) is 0.798. The van der Waals surface area contributed by atoms with Crippen LogP contribution in [-0.4, -0.2) is 82.3 Å². The summed E-state index contributed by atoms with van der Waals surface area (Å²) in [6, 6.07) is 0. The molecule has 0 saturated carbocycles. The Morgan fingerprint density at radius 1 is 0.301 bits per heavy atom. The largest absolute Gasteiger partial charge is 0.545 e. The lowest BCUT2D eigenvalue weighted by Crippen LogP contribution is -2.44. The van der Waals surface area contributed by atoms with E-state index in [1.165, 1.54) is 315 Å². The number of carboxylic acid groups (broad SMARTS) is 1. The maximum absolute atomic E-state index is 13.0. The summed E-state index contributed by atoms with van der Waals surface area (Å²) in [5, 5.41) is 11.9. The van der Waals surface area contributed by atoms with Crippen molar-refractivity contribution in [3.8, 4) is 0 Å². The van der Waals surface area contributed by atoms with Gasteiger partial charge in [-0.05, 0) is 96.3 Å². The molecule has 0 amide bonds. The van der Waals surface area contributed by atoms with E-state index in [9.17, 15) is 19.5 Å². The summed E-state index contributed by atoms with van der Waals surface area (Å²) in [7, 11) is 5.95.